The maximum Gasteiger partial charge on any atom is 0.0868 e. The van der Waals surface area contributed by atoms with Crippen molar-refractivity contribution in [3.63, 3.8) is 0 Å². The van der Waals surface area contributed by atoms with Crippen molar-refractivity contribution < 1.29 is 0 Å². The van der Waals surface area contributed by atoms with Crippen molar-refractivity contribution >= 4 is 12.0 Å². The number of benzene rings is 1. The minimum atomic E-state index is 0.849. The molecule has 3 nitrogen and oxygen atoms in total. The highest BCUT2D eigenvalue weighted by molar-refractivity contribution is 5.75. The van der Waals surface area contributed by atoms with Gasteiger partial charge in [-0.1, -0.05) is 32.0 Å². The molecule has 0 aromatic heterocycles. The summed E-state index contributed by atoms with van der Waals surface area (Å²) in [5.74, 6) is 0. The number of aliphatic imine (C=N–C) groups is 1. The van der Waals surface area contributed by atoms with Crippen molar-refractivity contribution in [2.45, 2.75) is 13.8 Å². The Bertz CT molecular complexity index is 291. The second kappa shape index (κ2) is 7.88. The summed E-state index contributed by atoms with van der Waals surface area (Å²) in [6.45, 7) is 8.42. The molecule has 0 aliphatic heterocycles. The third-order valence-corrected chi connectivity index (χ3v) is 2.54. The maximum atomic E-state index is 4.32. The molecule has 0 aliphatic rings. The lowest BCUT2D eigenvalue weighted by molar-refractivity contribution is 0.313. The van der Waals surface area contributed by atoms with Crippen LogP contribution in [0.15, 0.2) is 35.3 Å². The molecule has 16 heavy (non-hydrogen) atoms. The SMILES string of the molecule is CCN(CC)CC/N=C/Nc1ccccc1. The summed E-state index contributed by atoms with van der Waals surface area (Å²) in [5, 5.41) is 3.14. The van der Waals surface area contributed by atoms with Gasteiger partial charge in [-0.25, -0.2) is 0 Å². The van der Waals surface area contributed by atoms with Gasteiger partial charge in [-0.05, 0) is 25.2 Å². The number of rotatable bonds is 7. The van der Waals surface area contributed by atoms with E-state index in [2.05, 4.69) is 29.1 Å². The smallest absolute Gasteiger partial charge is 0.0868 e. The average Bonchev–Trinajstić information content (AvgIpc) is 2.35. The zero-order chi connectivity index (χ0) is 11.6. The van der Waals surface area contributed by atoms with Gasteiger partial charge in [0, 0.05) is 12.2 Å². The third-order valence-electron chi connectivity index (χ3n) is 2.54. The molecule has 3 heteroatoms. The molecule has 88 valence electrons. The first kappa shape index (κ1) is 12.7. The molecule has 0 bridgehead atoms. The molecule has 0 aliphatic carbocycles. The van der Waals surface area contributed by atoms with Crippen LogP contribution in [0.25, 0.3) is 0 Å². The van der Waals surface area contributed by atoms with Gasteiger partial charge in [-0.2, -0.15) is 0 Å². The summed E-state index contributed by atoms with van der Waals surface area (Å²) >= 11 is 0. The van der Waals surface area contributed by atoms with E-state index in [-0.39, 0.29) is 0 Å². The van der Waals surface area contributed by atoms with E-state index >= 15 is 0 Å². The maximum absolute atomic E-state index is 4.32. The molecular weight excluding hydrogens is 198 g/mol. The fourth-order valence-corrected chi connectivity index (χ4v) is 1.46. The molecule has 0 fully saturated rings. The first-order valence-electron chi connectivity index (χ1n) is 5.89. The van der Waals surface area contributed by atoms with Crippen LogP contribution in [0.1, 0.15) is 13.8 Å². The Morgan fingerprint density at radius 1 is 1.19 bits per heavy atom. The highest BCUT2D eigenvalue weighted by atomic mass is 15.1. The summed E-state index contributed by atoms with van der Waals surface area (Å²) in [6, 6.07) is 10.1. The number of hydrogen-bond donors (Lipinski definition) is 1. The molecule has 0 heterocycles. The van der Waals surface area contributed by atoms with Crippen LogP contribution in [-0.2, 0) is 0 Å². The van der Waals surface area contributed by atoms with E-state index in [9.17, 15) is 0 Å². The molecule has 1 aromatic rings. The molecule has 0 saturated heterocycles. The number of nitrogens with zero attached hydrogens (tertiary/aromatic N) is 2. The standard InChI is InChI=1S/C13H21N3/c1-3-16(4-2)11-10-14-12-15-13-8-6-5-7-9-13/h5-9,12H,3-4,10-11H2,1-2H3,(H,14,15). The van der Waals surface area contributed by atoms with Crippen LogP contribution in [0.2, 0.25) is 0 Å². The van der Waals surface area contributed by atoms with Crippen molar-refractivity contribution in [2.24, 2.45) is 4.99 Å². The summed E-state index contributed by atoms with van der Waals surface area (Å²) in [7, 11) is 0. The Labute approximate surface area is 98.2 Å². The first-order chi connectivity index (χ1) is 7.86. The van der Waals surface area contributed by atoms with E-state index in [1.807, 2.05) is 30.3 Å². The van der Waals surface area contributed by atoms with Gasteiger partial charge in [0.2, 0.25) is 0 Å². The Kier molecular flexibility index (Phi) is 6.26. The van der Waals surface area contributed by atoms with E-state index in [0.717, 1.165) is 31.9 Å². The lowest BCUT2D eigenvalue weighted by Gasteiger charge is -2.15. The molecule has 0 saturated carbocycles. The largest absolute Gasteiger partial charge is 0.347 e. The van der Waals surface area contributed by atoms with Crippen molar-refractivity contribution in [3.8, 4) is 0 Å². The van der Waals surface area contributed by atoms with Crippen molar-refractivity contribution in [1.82, 2.24) is 4.90 Å². The van der Waals surface area contributed by atoms with Crippen molar-refractivity contribution in [1.29, 1.82) is 0 Å². The summed E-state index contributed by atoms with van der Waals surface area (Å²) < 4.78 is 0. The summed E-state index contributed by atoms with van der Waals surface area (Å²) in [6.07, 6.45) is 1.78. The monoisotopic (exact) mass is 219 g/mol. The molecule has 0 radical (unpaired) electrons. The number of anilines is 1. The molecule has 0 atom stereocenters. The minimum Gasteiger partial charge on any atom is -0.347 e. The zero-order valence-corrected chi connectivity index (χ0v) is 10.2. The zero-order valence-electron chi connectivity index (χ0n) is 10.2. The topological polar surface area (TPSA) is 27.6 Å². The molecule has 0 unspecified atom stereocenters. The van der Waals surface area contributed by atoms with E-state index in [1.54, 1.807) is 6.34 Å². The van der Waals surface area contributed by atoms with Gasteiger partial charge in [-0.15, -0.1) is 0 Å². The first-order valence-corrected chi connectivity index (χ1v) is 5.89. The van der Waals surface area contributed by atoms with Crippen LogP contribution in [0.5, 0.6) is 0 Å². The van der Waals surface area contributed by atoms with E-state index in [4.69, 9.17) is 0 Å². The van der Waals surface area contributed by atoms with Crippen LogP contribution in [0.3, 0.4) is 0 Å². The van der Waals surface area contributed by atoms with Crippen LogP contribution in [0.4, 0.5) is 5.69 Å². The normalized spacial score (nSPS) is 11.2. The van der Waals surface area contributed by atoms with E-state index < -0.39 is 0 Å². The predicted molar refractivity (Wildman–Crippen MR) is 71.2 cm³/mol. The fourth-order valence-electron chi connectivity index (χ4n) is 1.46. The summed E-state index contributed by atoms with van der Waals surface area (Å²) in [5.41, 5.74) is 1.08. The molecular formula is C13H21N3. The molecule has 0 spiro atoms. The third kappa shape index (κ3) is 4.94. The Morgan fingerprint density at radius 2 is 1.88 bits per heavy atom. The highest BCUT2D eigenvalue weighted by Gasteiger charge is 1.95. The van der Waals surface area contributed by atoms with Gasteiger partial charge < -0.3 is 10.2 Å². The lowest BCUT2D eigenvalue weighted by Crippen LogP contribution is -2.25. The summed E-state index contributed by atoms with van der Waals surface area (Å²) in [4.78, 5) is 6.69. The van der Waals surface area contributed by atoms with Crippen molar-refractivity contribution in [3.05, 3.63) is 30.3 Å². The average molecular weight is 219 g/mol. The van der Waals surface area contributed by atoms with Gasteiger partial charge in [0.05, 0.1) is 12.9 Å². The molecule has 0 amide bonds. The van der Waals surface area contributed by atoms with Gasteiger partial charge >= 0.3 is 0 Å². The highest BCUT2D eigenvalue weighted by Crippen LogP contribution is 2.02. The van der Waals surface area contributed by atoms with Crippen molar-refractivity contribution in [2.75, 3.05) is 31.5 Å². The van der Waals surface area contributed by atoms with Gasteiger partial charge in [0.25, 0.3) is 0 Å². The second-order valence-electron chi connectivity index (χ2n) is 3.57. The second-order valence-corrected chi connectivity index (χ2v) is 3.57. The van der Waals surface area contributed by atoms with Crippen LogP contribution < -0.4 is 5.32 Å². The Morgan fingerprint density at radius 3 is 2.50 bits per heavy atom. The van der Waals surface area contributed by atoms with Crippen LogP contribution in [0, 0.1) is 0 Å². The number of para-hydroxylation sites is 1. The number of hydrogen-bond acceptors (Lipinski definition) is 2. The van der Waals surface area contributed by atoms with Crippen LogP contribution >= 0.6 is 0 Å². The van der Waals surface area contributed by atoms with Gasteiger partial charge in [-0.3, -0.25) is 4.99 Å². The van der Waals surface area contributed by atoms with Crippen LogP contribution in [-0.4, -0.2) is 37.4 Å². The number of nitrogens with one attached hydrogen (secondary N) is 1. The fraction of sp³-hybridized carbons (Fsp3) is 0.462. The van der Waals surface area contributed by atoms with E-state index in [1.165, 1.54) is 0 Å². The molecule has 1 aromatic carbocycles. The van der Waals surface area contributed by atoms with Gasteiger partial charge in [0.15, 0.2) is 0 Å². The molecule has 1 rings (SSSR count). The lowest BCUT2D eigenvalue weighted by atomic mass is 10.3. The predicted octanol–water partition coefficient (Wildman–Crippen LogP) is 2.47. The Balaban J connectivity index is 2.18. The molecule has 1 N–H and O–H groups in total. The van der Waals surface area contributed by atoms with E-state index in [0.29, 0.717) is 0 Å². The quantitative estimate of drug-likeness (QED) is 0.563. The minimum absolute atomic E-state index is 0.849. The Hall–Kier alpha value is -1.35. The number of likely N-dealkylation sites (N-methyl/N-ethyl adjacent to an activating group) is 1. The van der Waals surface area contributed by atoms with Gasteiger partial charge in [0.1, 0.15) is 0 Å².